The lowest BCUT2D eigenvalue weighted by atomic mass is 9.84. The molecule has 1 unspecified atom stereocenters. The van der Waals surface area contributed by atoms with Gasteiger partial charge >= 0.3 is 0 Å². The van der Waals surface area contributed by atoms with Crippen LogP contribution in [0.3, 0.4) is 0 Å². The number of rotatable bonds is 4. The van der Waals surface area contributed by atoms with Crippen molar-refractivity contribution in [1.82, 2.24) is 4.90 Å². The molecular formula is C15H26N2OS. The number of hydrogen-bond acceptors (Lipinski definition) is 4. The minimum Gasteiger partial charge on any atom is -0.375 e. The van der Waals surface area contributed by atoms with Crippen molar-refractivity contribution in [3.8, 4) is 6.07 Å². The van der Waals surface area contributed by atoms with Gasteiger partial charge in [-0.15, -0.1) is 0 Å². The predicted octanol–water partition coefficient (Wildman–Crippen LogP) is 3.06. The average Bonchev–Trinajstić information content (AvgIpc) is 2.40. The Hall–Kier alpha value is -0.240. The summed E-state index contributed by atoms with van der Waals surface area (Å²) in [5.74, 6) is 2.49. The SMILES string of the molecule is CC(C)N(CCC#N)C1CCOC2(CCSCC2)C1. The Labute approximate surface area is 121 Å². The van der Waals surface area contributed by atoms with E-state index >= 15 is 0 Å². The van der Waals surface area contributed by atoms with Crippen LogP contribution in [0, 0.1) is 11.3 Å². The molecule has 2 fully saturated rings. The van der Waals surface area contributed by atoms with E-state index in [0.717, 1.165) is 26.0 Å². The van der Waals surface area contributed by atoms with Crippen molar-refractivity contribution >= 4 is 11.8 Å². The highest BCUT2D eigenvalue weighted by atomic mass is 32.2. The van der Waals surface area contributed by atoms with Crippen molar-refractivity contribution < 1.29 is 4.74 Å². The minimum atomic E-state index is 0.147. The summed E-state index contributed by atoms with van der Waals surface area (Å²) in [4.78, 5) is 2.52. The lowest BCUT2D eigenvalue weighted by Crippen LogP contribution is -2.52. The molecule has 2 rings (SSSR count). The fourth-order valence-corrected chi connectivity index (χ4v) is 4.66. The summed E-state index contributed by atoms with van der Waals surface area (Å²) in [5.41, 5.74) is 0.147. The van der Waals surface area contributed by atoms with Crippen LogP contribution in [0.1, 0.15) is 46.0 Å². The molecule has 1 spiro atoms. The van der Waals surface area contributed by atoms with E-state index in [4.69, 9.17) is 10.00 Å². The van der Waals surface area contributed by atoms with Crippen LogP contribution in [0.5, 0.6) is 0 Å². The molecule has 108 valence electrons. The van der Waals surface area contributed by atoms with Crippen molar-refractivity contribution in [3.05, 3.63) is 0 Å². The van der Waals surface area contributed by atoms with Gasteiger partial charge in [-0.3, -0.25) is 4.90 Å². The largest absolute Gasteiger partial charge is 0.375 e. The van der Waals surface area contributed by atoms with E-state index < -0.39 is 0 Å². The summed E-state index contributed by atoms with van der Waals surface area (Å²) in [7, 11) is 0. The Bertz CT molecular complexity index is 315. The lowest BCUT2D eigenvalue weighted by molar-refractivity contribution is -0.113. The molecule has 0 amide bonds. The normalized spacial score (nSPS) is 26.8. The summed E-state index contributed by atoms with van der Waals surface area (Å²) >= 11 is 2.06. The van der Waals surface area contributed by atoms with Crippen molar-refractivity contribution in [2.24, 2.45) is 0 Å². The third kappa shape index (κ3) is 3.87. The van der Waals surface area contributed by atoms with Crippen LogP contribution in [0.25, 0.3) is 0 Å². The zero-order chi connectivity index (χ0) is 13.7. The van der Waals surface area contributed by atoms with Crippen LogP contribution >= 0.6 is 11.8 Å². The average molecular weight is 282 g/mol. The molecular weight excluding hydrogens is 256 g/mol. The van der Waals surface area contributed by atoms with Crippen LogP contribution in [-0.4, -0.2) is 47.2 Å². The summed E-state index contributed by atoms with van der Waals surface area (Å²) < 4.78 is 6.17. The second kappa shape index (κ2) is 6.97. The predicted molar refractivity (Wildman–Crippen MR) is 80.3 cm³/mol. The summed E-state index contributed by atoms with van der Waals surface area (Å²) in [5, 5.41) is 8.83. The quantitative estimate of drug-likeness (QED) is 0.794. The molecule has 2 aliphatic rings. The highest BCUT2D eigenvalue weighted by Gasteiger charge is 2.40. The molecule has 0 saturated carbocycles. The molecule has 0 aromatic carbocycles. The molecule has 0 aromatic rings. The number of nitrogens with zero attached hydrogens (tertiary/aromatic N) is 2. The van der Waals surface area contributed by atoms with Gasteiger partial charge < -0.3 is 4.74 Å². The van der Waals surface area contributed by atoms with Crippen molar-refractivity contribution in [3.63, 3.8) is 0 Å². The number of thioether (sulfide) groups is 1. The third-order valence-electron chi connectivity index (χ3n) is 4.49. The standard InChI is InChI=1S/C15H26N2OS/c1-13(2)17(8-3-7-16)14-4-9-18-15(12-14)5-10-19-11-6-15/h13-14H,3-6,8-12H2,1-2H3. The molecule has 19 heavy (non-hydrogen) atoms. The second-order valence-electron chi connectivity index (χ2n) is 6.03. The van der Waals surface area contributed by atoms with Crippen LogP contribution < -0.4 is 0 Å². The van der Waals surface area contributed by atoms with E-state index in [2.05, 4.69) is 36.6 Å². The molecule has 2 saturated heterocycles. The van der Waals surface area contributed by atoms with Crippen LogP contribution in [0.4, 0.5) is 0 Å². The Morgan fingerprint density at radius 3 is 2.79 bits per heavy atom. The highest BCUT2D eigenvalue weighted by molar-refractivity contribution is 7.99. The van der Waals surface area contributed by atoms with Gasteiger partial charge in [0.1, 0.15) is 0 Å². The van der Waals surface area contributed by atoms with Gasteiger partial charge in [0.15, 0.2) is 0 Å². The van der Waals surface area contributed by atoms with Gasteiger partial charge in [0, 0.05) is 31.7 Å². The van der Waals surface area contributed by atoms with Gasteiger partial charge in [-0.1, -0.05) is 0 Å². The molecule has 4 heteroatoms. The molecule has 2 heterocycles. The third-order valence-corrected chi connectivity index (χ3v) is 5.47. The topological polar surface area (TPSA) is 36.3 Å². The summed E-state index contributed by atoms with van der Waals surface area (Å²) in [6, 6.07) is 3.41. The van der Waals surface area contributed by atoms with Gasteiger partial charge in [-0.25, -0.2) is 0 Å². The Morgan fingerprint density at radius 2 is 2.16 bits per heavy atom. The van der Waals surface area contributed by atoms with Crippen LogP contribution in [0.2, 0.25) is 0 Å². The first-order chi connectivity index (χ1) is 9.17. The second-order valence-corrected chi connectivity index (χ2v) is 7.25. The van der Waals surface area contributed by atoms with Gasteiger partial charge in [-0.2, -0.15) is 17.0 Å². The minimum absolute atomic E-state index is 0.147. The number of ether oxygens (including phenoxy) is 1. The van der Waals surface area contributed by atoms with Crippen LogP contribution in [-0.2, 0) is 4.74 Å². The zero-order valence-corrected chi connectivity index (χ0v) is 13.0. The molecule has 3 nitrogen and oxygen atoms in total. The molecule has 0 aromatic heterocycles. The highest BCUT2D eigenvalue weighted by Crippen LogP contribution is 2.39. The van der Waals surface area contributed by atoms with E-state index in [0.29, 0.717) is 18.5 Å². The van der Waals surface area contributed by atoms with E-state index in [1.54, 1.807) is 0 Å². The zero-order valence-electron chi connectivity index (χ0n) is 12.2. The monoisotopic (exact) mass is 282 g/mol. The maximum atomic E-state index is 8.83. The Balaban J connectivity index is 1.99. The van der Waals surface area contributed by atoms with Crippen LogP contribution in [0.15, 0.2) is 0 Å². The smallest absolute Gasteiger partial charge is 0.0713 e. The molecule has 2 aliphatic heterocycles. The van der Waals surface area contributed by atoms with Gasteiger partial charge in [-0.05, 0) is 51.0 Å². The molecule has 0 bridgehead atoms. The first-order valence-corrected chi connectivity index (χ1v) is 8.67. The van der Waals surface area contributed by atoms with E-state index in [1.165, 1.54) is 24.3 Å². The van der Waals surface area contributed by atoms with Crippen molar-refractivity contribution in [1.29, 1.82) is 5.26 Å². The fraction of sp³-hybridized carbons (Fsp3) is 0.933. The van der Waals surface area contributed by atoms with Crippen molar-refractivity contribution in [2.75, 3.05) is 24.7 Å². The molecule has 0 radical (unpaired) electrons. The number of nitriles is 1. The Kier molecular flexibility index (Phi) is 5.56. The fourth-order valence-electron chi connectivity index (χ4n) is 3.42. The lowest BCUT2D eigenvalue weighted by Gasteiger charge is -2.47. The van der Waals surface area contributed by atoms with Gasteiger partial charge in [0.25, 0.3) is 0 Å². The van der Waals surface area contributed by atoms with E-state index in [1.807, 2.05) is 0 Å². The molecule has 0 N–H and O–H groups in total. The summed E-state index contributed by atoms with van der Waals surface area (Å²) in [6.45, 7) is 6.29. The Morgan fingerprint density at radius 1 is 1.42 bits per heavy atom. The first-order valence-electron chi connectivity index (χ1n) is 7.51. The molecule has 1 atom stereocenters. The number of hydrogen-bond donors (Lipinski definition) is 0. The van der Waals surface area contributed by atoms with Gasteiger partial charge in [0.2, 0.25) is 0 Å². The summed E-state index contributed by atoms with van der Waals surface area (Å²) in [6.07, 6.45) is 5.34. The first kappa shape index (κ1) is 15.2. The van der Waals surface area contributed by atoms with Gasteiger partial charge in [0.05, 0.1) is 11.7 Å². The van der Waals surface area contributed by atoms with E-state index in [-0.39, 0.29) is 5.60 Å². The molecule has 0 aliphatic carbocycles. The van der Waals surface area contributed by atoms with Crippen molar-refractivity contribution in [2.45, 2.75) is 63.6 Å². The maximum Gasteiger partial charge on any atom is 0.0713 e. The maximum absolute atomic E-state index is 8.83. The van der Waals surface area contributed by atoms with E-state index in [9.17, 15) is 0 Å².